The van der Waals surface area contributed by atoms with Crippen LogP contribution in [-0.2, 0) is 20.3 Å². The minimum absolute atomic E-state index is 0.00156. The molecule has 0 spiro atoms. The highest BCUT2D eigenvalue weighted by Crippen LogP contribution is 2.24. The Morgan fingerprint density at radius 1 is 1.00 bits per heavy atom. The molecule has 3 heterocycles. The van der Waals surface area contributed by atoms with Gasteiger partial charge in [0.1, 0.15) is 0 Å². The van der Waals surface area contributed by atoms with Crippen molar-refractivity contribution in [1.82, 2.24) is 14.8 Å². The van der Waals surface area contributed by atoms with E-state index in [1.807, 2.05) is 17.0 Å². The van der Waals surface area contributed by atoms with E-state index in [4.69, 9.17) is 4.74 Å². The highest BCUT2D eigenvalue weighted by molar-refractivity contribution is 7.90. The fraction of sp³-hybridized carbons (Fsp3) is 0.407. The number of carbonyl (C=O) groups is 1. The summed E-state index contributed by atoms with van der Waals surface area (Å²) >= 11 is 0. The van der Waals surface area contributed by atoms with E-state index in [0.29, 0.717) is 35.7 Å². The van der Waals surface area contributed by atoms with Crippen LogP contribution in [0, 0.1) is 5.92 Å². The number of fused-ring (bicyclic) bond motifs is 1. The molecular weight excluding hydrogens is 462 g/mol. The maximum Gasteiger partial charge on any atom is 0.253 e. The summed E-state index contributed by atoms with van der Waals surface area (Å²) in [6.45, 7) is 5.92. The molecule has 35 heavy (non-hydrogen) atoms. The lowest BCUT2D eigenvalue weighted by Crippen LogP contribution is -2.50. The number of benzene rings is 2. The molecule has 2 aliphatic rings. The number of hydrogen-bond acceptors (Lipinski definition) is 6. The number of aromatic nitrogens is 1. The van der Waals surface area contributed by atoms with Crippen LogP contribution in [0.2, 0.25) is 0 Å². The third-order valence-corrected chi connectivity index (χ3v) is 8.63. The van der Waals surface area contributed by atoms with Crippen molar-refractivity contribution in [3.05, 3.63) is 71.9 Å². The zero-order valence-corrected chi connectivity index (χ0v) is 20.6. The van der Waals surface area contributed by atoms with Gasteiger partial charge in [0.05, 0.1) is 22.8 Å². The SMILES string of the molecule is O=C(c1ccc(CS(=O)(=O)c2cccc3cccnc23)cc1)N1CCN(C[C@H]2CCCOC2)CC1. The maximum absolute atomic E-state index is 13.1. The van der Waals surface area contributed by atoms with Crippen molar-refractivity contribution in [2.45, 2.75) is 23.5 Å². The average Bonchev–Trinajstić information content (AvgIpc) is 2.89. The van der Waals surface area contributed by atoms with E-state index in [1.165, 1.54) is 6.42 Å². The first kappa shape index (κ1) is 23.9. The molecule has 1 aromatic heterocycles. The summed E-state index contributed by atoms with van der Waals surface area (Å²) in [6, 6.07) is 15.8. The van der Waals surface area contributed by atoms with Gasteiger partial charge in [-0.05, 0) is 48.6 Å². The Kier molecular flexibility index (Phi) is 7.13. The van der Waals surface area contributed by atoms with Gasteiger partial charge < -0.3 is 9.64 Å². The van der Waals surface area contributed by atoms with Crippen molar-refractivity contribution in [1.29, 1.82) is 0 Å². The second kappa shape index (κ2) is 10.4. The lowest BCUT2D eigenvalue weighted by molar-refractivity contribution is 0.0274. The minimum atomic E-state index is -3.58. The smallest absolute Gasteiger partial charge is 0.253 e. The van der Waals surface area contributed by atoms with Gasteiger partial charge in [-0.1, -0.05) is 30.3 Å². The first-order chi connectivity index (χ1) is 17.0. The summed E-state index contributed by atoms with van der Waals surface area (Å²) in [5, 5.41) is 0.793. The zero-order chi connectivity index (χ0) is 24.3. The first-order valence-corrected chi connectivity index (χ1v) is 13.9. The molecular formula is C27H31N3O4S. The summed E-state index contributed by atoms with van der Waals surface area (Å²) in [4.78, 5) is 21.8. The normalized spacial score (nSPS) is 19.7. The Balaban J connectivity index is 1.20. The van der Waals surface area contributed by atoms with Gasteiger partial charge in [0, 0.05) is 56.5 Å². The number of ether oxygens (including phenoxy) is 1. The Hall–Kier alpha value is -2.81. The third kappa shape index (κ3) is 5.55. The molecule has 184 valence electrons. The van der Waals surface area contributed by atoms with Gasteiger partial charge in [-0.3, -0.25) is 14.7 Å². The molecule has 0 aliphatic carbocycles. The summed E-state index contributed by atoms with van der Waals surface area (Å²) < 4.78 is 31.8. The molecule has 0 bridgehead atoms. The highest BCUT2D eigenvalue weighted by atomic mass is 32.2. The second-order valence-corrected chi connectivity index (χ2v) is 11.4. The lowest BCUT2D eigenvalue weighted by atomic mass is 10.0. The zero-order valence-electron chi connectivity index (χ0n) is 19.8. The van der Waals surface area contributed by atoms with Crippen LogP contribution in [0.5, 0.6) is 0 Å². The molecule has 7 nitrogen and oxygen atoms in total. The Morgan fingerprint density at radius 3 is 2.51 bits per heavy atom. The van der Waals surface area contributed by atoms with Crippen LogP contribution in [0.3, 0.4) is 0 Å². The molecule has 0 saturated carbocycles. The molecule has 2 aromatic carbocycles. The van der Waals surface area contributed by atoms with Gasteiger partial charge in [0.25, 0.3) is 5.91 Å². The number of sulfone groups is 1. The Morgan fingerprint density at radius 2 is 1.77 bits per heavy atom. The number of para-hydroxylation sites is 1. The van der Waals surface area contributed by atoms with Crippen molar-refractivity contribution < 1.29 is 17.9 Å². The standard InChI is InChI=1S/C27H31N3O4S/c31-27(30-15-13-29(14-16-30)18-22-4-3-17-34-19-22)24-10-8-21(9-11-24)20-35(32,33)25-7-1-5-23-6-2-12-28-26(23)25/h1-2,5-12,22H,3-4,13-20H2/t22-/m1/s1. The minimum Gasteiger partial charge on any atom is -0.381 e. The second-order valence-electron chi connectivity index (χ2n) is 9.46. The number of nitrogens with zero attached hydrogens (tertiary/aromatic N) is 3. The van der Waals surface area contributed by atoms with Gasteiger partial charge in [-0.15, -0.1) is 0 Å². The van der Waals surface area contributed by atoms with E-state index in [-0.39, 0.29) is 16.6 Å². The Bertz CT molecular complexity index is 1270. The fourth-order valence-corrected chi connectivity index (χ4v) is 6.54. The topological polar surface area (TPSA) is 79.8 Å². The van der Waals surface area contributed by atoms with Crippen molar-refractivity contribution >= 4 is 26.6 Å². The van der Waals surface area contributed by atoms with Crippen LogP contribution >= 0.6 is 0 Å². The van der Waals surface area contributed by atoms with Crippen LogP contribution in [0.4, 0.5) is 0 Å². The average molecular weight is 494 g/mol. The molecule has 2 fully saturated rings. The lowest BCUT2D eigenvalue weighted by Gasteiger charge is -2.37. The molecule has 0 N–H and O–H groups in total. The van der Waals surface area contributed by atoms with E-state index < -0.39 is 9.84 Å². The van der Waals surface area contributed by atoms with Gasteiger partial charge in [0.15, 0.2) is 9.84 Å². The van der Waals surface area contributed by atoms with E-state index in [2.05, 4.69) is 9.88 Å². The van der Waals surface area contributed by atoms with Crippen LogP contribution in [-0.4, -0.2) is 75.0 Å². The van der Waals surface area contributed by atoms with Gasteiger partial charge in [0.2, 0.25) is 0 Å². The van der Waals surface area contributed by atoms with E-state index in [0.717, 1.165) is 44.7 Å². The molecule has 2 aliphatic heterocycles. The van der Waals surface area contributed by atoms with Crippen molar-refractivity contribution in [2.75, 3.05) is 45.9 Å². The summed E-state index contributed by atoms with van der Waals surface area (Å²) in [5.74, 6) is 0.457. The monoisotopic (exact) mass is 493 g/mol. The van der Waals surface area contributed by atoms with Crippen LogP contribution in [0.15, 0.2) is 65.7 Å². The number of rotatable bonds is 6. The molecule has 2 saturated heterocycles. The first-order valence-electron chi connectivity index (χ1n) is 12.2. The predicted octanol–water partition coefficient (Wildman–Crippen LogP) is 3.39. The van der Waals surface area contributed by atoms with Crippen molar-refractivity contribution in [2.24, 2.45) is 5.92 Å². The van der Waals surface area contributed by atoms with Gasteiger partial charge in [-0.25, -0.2) is 8.42 Å². The quantitative estimate of drug-likeness (QED) is 0.524. The van der Waals surface area contributed by atoms with E-state index >= 15 is 0 Å². The number of piperazine rings is 1. The molecule has 5 rings (SSSR count). The van der Waals surface area contributed by atoms with Crippen LogP contribution in [0.1, 0.15) is 28.8 Å². The highest BCUT2D eigenvalue weighted by Gasteiger charge is 2.25. The van der Waals surface area contributed by atoms with E-state index in [9.17, 15) is 13.2 Å². The van der Waals surface area contributed by atoms with Crippen molar-refractivity contribution in [3.8, 4) is 0 Å². The summed E-state index contributed by atoms with van der Waals surface area (Å²) in [6.07, 6.45) is 3.96. The molecule has 1 amide bonds. The van der Waals surface area contributed by atoms with E-state index in [1.54, 1.807) is 48.7 Å². The number of hydrogen-bond donors (Lipinski definition) is 0. The Labute approximate surface area is 206 Å². The molecule has 1 atom stereocenters. The largest absolute Gasteiger partial charge is 0.381 e. The number of amides is 1. The molecule has 0 radical (unpaired) electrons. The molecule has 0 unspecified atom stereocenters. The molecule has 8 heteroatoms. The summed E-state index contributed by atoms with van der Waals surface area (Å²) in [5.41, 5.74) is 1.72. The van der Waals surface area contributed by atoms with Crippen LogP contribution < -0.4 is 0 Å². The van der Waals surface area contributed by atoms with Gasteiger partial charge >= 0.3 is 0 Å². The van der Waals surface area contributed by atoms with Crippen molar-refractivity contribution in [3.63, 3.8) is 0 Å². The fourth-order valence-electron chi connectivity index (χ4n) is 5.00. The van der Waals surface area contributed by atoms with Gasteiger partial charge in [-0.2, -0.15) is 0 Å². The third-order valence-electron chi connectivity index (χ3n) is 6.92. The summed E-state index contributed by atoms with van der Waals surface area (Å²) in [7, 11) is -3.58. The number of carbonyl (C=O) groups excluding carboxylic acids is 1. The predicted molar refractivity (Wildman–Crippen MR) is 135 cm³/mol. The van der Waals surface area contributed by atoms with Crippen LogP contribution in [0.25, 0.3) is 10.9 Å². The molecule has 3 aromatic rings. The number of pyridine rings is 1. The maximum atomic E-state index is 13.1.